The molecule has 5 nitrogen and oxygen atoms in total. The second kappa shape index (κ2) is 8.72. The molecule has 0 aliphatic carbocycles. The fraction of sp³-hybridized carbons (Fsp3) is 0.478. The number of phenols is 2. The van der Waals surface area contributed by atoms with Crippen LogP contribution in [0.15, 0.2) is 12.1 Å². The summed E-state index contributed by atoms with van der Waals surface area (Å²) in [5.41, 5.74) is 11.1. The molecular formula is C23H32ClNO4. The van der Waals surface area contributed by atoms with E-state index in [4.69, 9.17) is 15.2 Å². The number of fused-ring (bicyclic) bond motifs is 1. The average molecular weight is 422 g/mol. The zero-order valence-electron chi connectivity index (χ0n) is 17.9. The Morgan fingerprint density at radius 3 is 2.41 bits per heavy atom. The van der Waals surface area contributed by atoms with Gasteiger partial charge in [-0.3, -0.25) is 0 Å². The van der Waals surface area contributed by atoms with Crippen LogP contribution in [-0.4, -0.2) is 22.9 Å². The number of halogens is 1. The van der Waals surface area contributed by atoms with Crippen LogP contribution in [0, 0.1) is 20.8 Å². The first-order chi connectivity index (χ1) is 13.2. The molecule has 0 fully saturated rings. The zero-order chi connectivity index (χ0) is 20.6. The van der Waals surface area contributed by atoms with Crippen molar-refractivity contribution in [2.24, 2.45) is 5.73 Å². The molecule has 0 radical (unpaired) electrons. The number of hydrogen-bond donors (Lipinski definition) is 3. The average Bonchev–Trinajstić information content (AvgIpc) is 2.69. The van der Waals surface area contributed by atoms with Crippen molar-refractivity contribution in [3.63, 3.8) is 0 Å². The third-order valence-corrected chi connectivity index (χ3v) is 6.19. The first-order valence-corrected chi connectivity index (χ1v) is 9.80. The van der Waals surface area contributed by atoms with E-state index in [0.29, 0.717) is 24.5 Å². The van der Waals surface area contributed by atoms with Crippen LogP contribution in [0.2, 0.25) is 0 Å². The minimum Gasteiger partial charge on any atom is -0.507 e. The van der Waals surface area contributed by atoms with Crippen molar-refractivity contribution >= 4 is 12.4 Å². The fourth-order valence-electron chi connectivity index (χ4n) is 4.06. The van der Waals surface area contributed by atoms with Crippen molar-refractivity contribution in [2.45, 2.75) is 65.5 Å². The molecule has 0 saturated heterocycles. The van der Waals surface area contributed by atoms with E-state index in [9.17, 15) is 10.2 Å². The van der Waals surface area contributed by atoms with E-state index in [-0.39, 0.29) is 23.8 Å². The van der Waals surface area contributed by atoms with Crippen LogP contribution in [0.3, 0.4) is 0 Å². The summed E-state index contributed by atoms with van der Waals surface area (Å²) in [5.74, 6) is 1.90. The second-order valence-electron chi connectivity index (χ2n) is 8.09. The Kier molecular flexibility index (Phi) is 6.97. The van der Waals surface area contributed by atoms with Crippen molar-refractivity contribution in [3.05, 3.63) is 45.5 Å². The molecule has 6 heteroatoms. The van der Waals surface area contributed by atoms with E-state index in [0.717, 1.165) is 58.4 Å². The summed E-state index contributed by atoms with van der Waals surface area (Å²) in [6.07, 6.45) is 3.15. The van der Waals surface area contributed by atoms with Crippen LogP contribution in [0.4, 0.5) is 0 Å². The van der Waals surface area contributed by atoms with Gasteiger partial charge in [0.15, 0.2) is 11.5 Å². The summed E-state index contributed by atoms with van der Waals surface area (Å²) < 4.78 is 11.8. The van der Waals surface area contributed by atoms with Crippen LogP contribution in [-0.2, 0) is 19.4 Å². The number of aryl methyl sites for hydroxylation is 1. The number of phenolic OH excluding ortho intramolecular Hbond substituents is 2. The van der Waals surface area contributed by atoms with Crippen molar-refractivity contribution < 1.29 is 19.7 Å². The first kappa shape index (κ1) is 23.2. The van der Waals surface area contributed by atoms with Gasteiger partial charge in [0, 0.05) is 12.1 Å². The molecule has 0 amide bonds. The van der Waals surface area contributed by atoms with Gasteiger partial charge in [-0.25, -0.2) is 0 Å². The highest BCUT2D eigenvalue weighted by Crippen LogP contribution is 2.44. The Morgan fingerprint density at radius 2 is 1.79 bits per heavy atom. The Morgan fingerprint density at radius 1 is 1.10 bits per heavy atom. The zero-order valence-corrected chi connectivity index (χ0v) is 18.7. The highest BCUT2D eigenvalue weighted by Gasteiger charge is 2.34. The van der Waals surface area contributed by atoms with E-state index >= 15 is 0 Å². The maximum Gasteiger partial charge on any atom is 0.161 e. The van der Waals surface area contributed by atoms with Gasteiger partial charge in [-0.1, -0.05) is 6.07 Å². The molecule has 1 aliphatic heterocycles. The van der Waals surface area contributed by atoms with E-state index in [1.54, 1.807) is 13.2 Å². The number of methoxy groups -OCH3 is 1. The van der Waals surface area contributed by atoms with E-state index < -0.39 is 0 Å². The number of aromatic hydroxyl groups is 2. The van der Waals surface area contributed by atoms with E-state index in [1.165, 1.54) is 0 Å². The number of nitrogens with two attached hydrogens (primary N) is 1. The third-order valence-electron chi connectivity index (χ3n) is 6.19. The lowest BCUT2D eigenvalue weighted by Gasteiger charge is -2.38. The summed E-state index contributed by atoms with van der Waals surface area (Å²) in [6.45, 7) is 8.39. The van der Waals surface area contributed by atoms with Gasteiger partial charge >= 0.3 is 0 Å². The minimum atomic E-state index is -0.341. The van der Waals surface area contributed by atoms with E-state index in [1.807, 2.05) is 26.8 Å². The normalized spacial score (nSPS) is 17.9. The third kappa shape index (κ3) is 4.26. The lowest BCUT2D eigenvalue weighted by atomic mass is 9.84. The van der Waals surface area contributed by atoms with Crippen LogP contribution >= 0.6 is 12.4 Å². The molecule has 160 valence electrons. The van der Waals surface area contributed by atoms with Gasteiger partial charge in [-0.15, -0.1) is 12.4 Å². The Labute approximate surface area is 179 Å². The van der Waals surface area contributed by atoms with Crippen LogP contribution in [0.5, 0.6) is 23.0 Å². The van der Waals surface area contributed by atoms with Gasteiger partial charge < -0.3 is 25.4 Å². The molecule has 1 heterocycles. The molecule has 0 spiro atoms. The largest absolute Gasteiger partial charge is 0.507 e. The standard InChI is InChI=1S/C23H31NO4.ClH/c1-13-14(2)22-18(15(3)20(13)25)7-9-23(4,28-22)8-6-17-10-16(12-24)11-19(27-5)21(17)26;/h10-11,25-26H,6-9,12,24H2,1-5H3;1H. The first-order valence-electron chi connectivity index (χ1n) is 9.80. The Hall–Kier alpha value is -2.11. The summed E-state index contributed by atoms with van der Waals surface area (Å²) in [6, 6.07) is 3.71. The van der Waals surface area contributed by atoms with Crippen molar-refractivity contribution in [1.29, 1.82) is 0 Å². The Balaban J connectivity index is 0.00000300. The van der Waals surface area contributed by atoms with Crippen LogP contribution in [0.25, 0.3) is 0 Å². The lowest BCUT2D eigenvalue weighted by Crippen LogP contribution is -2.37. The van der Waals surface area contributed by atoms with Crippen molar-refractivity contribution in [2.75, 3.05) is 7.11 Å². The number of ether oxygens (including phenoxy) is 2. The number of benzene rings is 2. The summed E-state index contributed by atoms with van der Waals surface area (Å²) >= 11 is 0. The predicted molar refractivity (Wildman–Crippen MR) is 118 cm³/mol. The topological polar surface area (TPSA) is 84.9 Å². The second-order valence-corrected chi connectivity index (χ2v) is 8.09. The van der Waals surface area contributed by atoms with Gasteiger partial charge in [-0.2, -0.15) is 0 Å². The summed E-state index contributed by atoms with van der Waals surface area (Å²) in [4.78, 5) is 0. The molecule has 1 atom stereocenters. The van der Waals surface area contributed by atoms with Crippen molar-refractivity contribution in [3.8, 4) is 23.0 Å². The maximum atomic E-state index is 10.5. The fourth-order valence-corrected chi connectivity index (χ4v) is 4.06. The monoisotopic (exact) mass is 421 g/mol. The minimum absolute atomic E-state index is 0. The molecule has 0 aromatic heterocycles. The SMILES string of the molecule is COc1cc(CN)cc(CCC2(C)CCc3c(C)c(O)c(C)c(C)c3O2)c1O.Cl. The smallest absolute Gasteiger partial charge is 0.161 e. The molecule has 1 aliphatic rings. The number of hydrogen-bond acceptors (Lipinski definition) is 5. The molecule has 4 N–H and O–H groups in total. The molecule has 3 rings (SSSR count). The summed E-state index contributed by atoms with van der Waals surface area (Å²) in [5, 5.41) is 20.8. The van der Waals surface area contributed by atoms with E-state index in [2.05, 4.69) is 6.92 Å². The van der Waals surface area contributed by atoms with Crippen LogP contribution < -0.4 is 15.2 Å². The molecule has 0 bridgehead atoms. The van der Waals surface area contributed by atoms with Gasteiger partial charge in [0.1, 0.15) is 17.1 Å². The molecular weight excluding hydrogens is 390 g/mol. The van der Waals surface area contributed by atoms with Crippen molar-refractivity contribution in [1.82, 2.24) is 0 Å². The molecule has 0 saturated carbocycles. The van der Waals surface area contributed by atoms with Gasteiger partial charge in [0.05, 0.1) is 7.11 Å². The maximum absolute atomic E-state index is 10.5. The molecule has 1 unspecified atom stereocenters. The molecule has 2 aromatic carbocycles. The predicted octanol–water partition coefficient (Wildman–Crippen LogP) is 4.63. The quantitative estimate of drug-likeness (QED) is 0.655. The molecule has 29 heavy (non-hydrogen) atoms. The van der Waals surface area contributed by atoms with Gasteiger partial charge in [-0.05, 0) is 87.3 Å². The van der Waals surface area contributed by atoms with Gasteiger partial charge in [0.2, 0.25) is 0 Å². The molecule has 2 aromatic rings. The van der Waals surface area contributed by atoms with Crippen LogP contribution in [0.1, 0.15) is 53.1 Å². The van der Waals surface area contributed by atoms with Gasteiger partial charge in [0.25, 0.3) is 0 Å². The highest BCUT2D eigenvalue weighted by atomic mass is 35.5. The Bertz CT molecular complexity index is 913. The number of rotatable bonds is 5. The highest BCUT2D eigenvalue weighted by molar-refractivity contribution is 5.85. The lowest BCUT2D eigenvalue weighted by molar-refractivity contribution is 0.0550. The summed E-state index contributed by atoms with van der Waals surface area (Å²) in [7, 11) is 1.55.